The summed E-state index contributed by atoms with van der Waals surface area (Å²) >= 11 is 9.39. The number of alkyl halides is 3. The normalized spacial score (nSPS) is 19.9. The van der Waals surface area contributed by atoms with Crippen LogP contribution in [-0.2, 0) is 43.8 Å². The van der Waals surface area contributed by atoms with Crippen molar-refractivity contribution < 1.29 is 63.8 Å². The van der Waals surface area contributed by atoms with Gasteiger partial charge in [-0.1, -0.05) is 112 Å². The van der Waals surface area contributed by atoms with Gasteiger partial charge in [0.2, 0.25) is 23.6 Å². The standard InChI is InChI=1S/C80H100ClF3N10O11S4/c1-54(56-18-20-58(21-19-56)73-55(2)85-53-107-73)86-76(99)69-46-64(95)50-94(69)77(100)74(78(3,4)5)88-71(96)16-12-7-6-8-13-17-72(97)93-37-35-79(52-93)34-32-67(57-22-26-61(81)27-23-57)60(48-79)49-91-38-40-92(41-39-91)63-28-24-59(25-29-63)75(98)89-109(103,104)66-30-31-68(70(47-66)108(101,102)80(82,83)84)87-62(33-36-90-42-44-105-45-43-90)51-106-65-14-10-9-11-15-65/h9-11,14-15,18-31,47,53-54,62,64,69,74,87,95H,6-8,12-13,16-17,32-46,48-52H2,1-5H3,(H,86,99)(H,88,96)(H,89,98)/t54-,62+,64+,69-,74+,79?/m0/s1. The summed E-state index contributed by atoms with van der Waals surface area (Å²) in [5, 5.41) is 20.5. The molecular formula is C80H100ClF3N10O11S4. The van der Waals surface area contributed by atoms with Gasteiger partial charge in [0.25, 0.3) is 25.8 Å². The highest BCUT2D eigenvalue weighted by atomic mass is 35.5. The Labute approximate surface area is 651 Å². The summed E-state index contributed by atoms with van der Waals surface area (Å²) in [5.41, 5.74) is 2.22. The van der Waals surface area contributed by atoms with Gasteiger partial charge in [0.05, 0.1) is 52.0 Å². The number of thioether (sulfide) groups is 1. The molecule has 5 amide bonds. The van der Waals surface area contributed by atoms with Crippen LogP contribution in [0.15, 0.2) is 147 Å². The van der Waals surface area contributed by atoms with Gasteiger partial charge < -0.3 is 40.5 Å². The van der Waals surface area contributed by atoms with Crippen LogP contribution in [0.1, 0.15) is 144 Å². The summed E-state index contributed by atoms with van der Waals surface area (Å²) in [4.78, 5) is 83.6. The number of sulfone groups is 1. The monoisotopic (exact) mass is 1600 g/mol. The molecule has 1 aromatic heterocycles. The van der Waals surface area contributed by atoms with Crippen molar-refractivity contribution in [1.29, 1.82) is 0 Å². The van der Waals surface area contributed by atoms with E-state index in [0.717, 1.165) is 108 Å². The van der Waals surface area contributed by atoms with E-state index >= 15 is 0 Å². The molecule has 0 saturated carbocycles. The number of nitrogens with zero attached hydrogens (tertiary/aromatic N) is 6. The highest BCUT2D eigenvalue weighted by Crippen LogP contribution is 2.49. The van der Waals surface area contributed by atoms with Crippen LogP contribution in [0.5, 0.6) is 0 Å². The Morgan fingerprint density at radius 1 is 0.789 bits per heavy atom. The number of rotatable bonds is 30. The van der Waals surface area contributed by atoms with Crippen LogP contribution in [0.4, 0.5) is 24.5 Å². The number of allylic oxidation sites excluding steroid dienone is 1. The van der Waals surface area contributed by atoms with Gasteiger partial charge in [0.1, 0.15) is 17.0 Å². The van der Waals surface area contributed by atoms with E-state index in [0.29, 0.717) is 108 Å². The minimum Gasteiger partial charge on any atom is -0.391 e. The molecule has 29 heteroatoms. The van der Waals surface area contributed by atoms with E-state index < -0.39 is 82.3 Å². The van der Waals surface area contributed by atoms with Crippen LogP contribution in [0.2, 0.25) is 5.02 Å². The maximum absolute atomic E-state index is 14.4. The lowest BCUT2D eigenvalue weighted by atomic mass is 9.69. The molecule has 5 aliphatic rings. The molecule has 4 saturated heterocycles. The fraction of sp³-hybridized carbons (Fsp3) is 0.500. The van der Waals surface area contributed by atoms with Crippen LogP contribution in [0, 0.1) is 17.8 Å². The van der Waals surface area contributed by atoms with Crippen LogP contribution in [0.25, 0.3) is 16.0 Å². The molecule has 4 aliphatic heterocycles. The maximum atomic E-state index is 14.4. The lowest BCUT2D eigenvalue weighted by Gasteiger charge is -2.40. The second-order valence-corrected chi connectivity index (χ2v) is 36.5. The number of unbranched alkanes of at least 4 members (excludes halogenated alkanes) is 4. The number of sulfonamides is 1. The molecule has 6 aromatic rings. The Kier molecular flexibility index (Phi) is 27.6. The lowest BCUT2D eigenvalue weighted by molar-refractivity contribution is -0.144. The molecule has 11 rings (SSSR count). The molecular weight excluding hydrogens is 1500 g/mol. The van der Waals surface area contributed by atoms with Crippen molar-refractivity contribution in [3.05, 3.63) is 160 Å². The number of ether oxygens (including phenoxy) is 1. The van der Waals surface area contributed by atoms with E-state index in [4.69, 9.17) is 16.3 Å². The number of amides is 5. The molecule has 588 valence electrons. The Bertz CT molecular complexity index is 4420. The molecule has 0 radical (unpaired) electrons. The van der Waals surface area contributed by atoms with Crippen LogP contribution >= 0.6 is 34.7 Å². The number of piperazine rings is 1. The van der Waals surface area contributed by atoms with E-state index in [1.54, 1.807) is 23.5 Å². The summed E-state index contributed by atoms with van der Waals surface area (Å²) in [7, 11) is -11.0. The zero-order valence-electron chi connectivity index (χ0n) is 62.5. The van der Waals surface area contributed by atoms with Gasteiger partial charge in [-0.25, -0.2) is 26.5 Å². The number of aliphatic hydroxyl groups is 1. The van der Waals surface area contributed by atoms with E-state index in [-0.39, 0.29) is 54.1 Å². The van der Waals surface area contributed by atoms with Gasteiger partial charge in [-0.3, -0.25) is 33.8 Å². The third kappa shape index (κ3) is 21.4. The zero-order valence-corrected chi connectivity index (χ0v) is 66.5. The average molecular weight is 1600 g/mol. The number of likely N-dealkylation sites (tertiary alicyclic amines) is 2. The van der Waals surface area contributed by atoms with Crippen molar-refractivity contribution in [3.8, 4) is 10.4 Å². The molecule has 109 heavy (non-hydrogen) atoms. The van der Waals surface area contributed by atoms with Crippen molar-refractivity contribution in [2.75, 3.05) is 101 Å². The molecule has 1 aliphatic carbocycles. The summed E-state index contributed by atoms with van der Waals surface area (Å²) < 4.78 is 105. The van der Waals surface area contributed by atoms with Gasteiger partial charge in [0, 0.05) is 124 Å². The van der Waals surface area contributed by atoms with E-state index in [1.165, 1.54) is 39.9 Å². The lowest BCUT2D eigenvalue weighted by Crippen LogP contribution is -2.57. The number of β-amino-alcohol motifs (C(OH)–C–C–N with tert-alkyl or cyclic N) is 1. The number of carbonyl (C=O) groups excluding carboxylic acids is 5. The van der Waals surface area contributed by atoms with Crippen LogP contribution in [-0.4, -0.2) is 197 Å². The molecule has 21 nitrogen and oxygen atoms in total. The number of morpholine rings is 1. The van der Waals surface area contributed by atoms with Crippen molar-refractivity contribution >= 4 is 101 Å². The number of benzene rings is 5. The first kappa shape index (κ1) is 82.5. The molecule has 6 atom stereocenters. The Morgan fingerprint density at radius 2 is 1.47 bits per heavy atom. The summed E-state index contributed by atoms with van der Waals surface area (Å²) in [6.07, 6.45) is 7.57. The van der Waals surface area contributed by atoms with Gasteiger partial charge in [-0.2, -0.15) is 13.2 Å². The van der Waals surface area contributed by atoms with Crippen molar-refractivity contribution in [2.24, 2.45) is 10.8 Å². The first-order valence-corrected chi connectivity index (χ1v) is 42.8. The number of hydrogen-bond acceptors (Lipinski definition) is 18. The minimum atomic E-state index is -6.11. The second kappa shape index (κ2) is 36.4. The number of anilines is 2. The van der Waals surface area contributed by atoms with Crippen LogP contribution < -0.4 is 25.6 Å². The largest absolute Gasteiger partial charge is 0.501 e. The van der Waals surface area contributed by atoms with E-state index in [2.05, 4.69) is 47.8 Å². The summed E-state index contributed by atoms with van der Waals surface area (Å²) in [5.74, 6) is -1.62. The topological polar surface area (TPSA) is 260 Å². The quantitative estimate of drug-likeness (QED) is 0.0207. The second-order valence-electron chi connectivity index (χ2n) is 30.5. The molecule has 5 aromatic carbocycles. The Balaban J connectivity index is 0.631. The fourth-order valence-corrected chi connectivity index (χ4v) is 19.2. The van der Waals surface area contributed by atoms with Gasteiger partial charge in [-0.15, -0.1) is 23.1 Å². The Morgan fingerprint density at radius 3 is 2.14 bits per heavy atom. The van der Waals surface area contributed by atoms with Gasteiger partial charge in [0.15, 0.2) is 0 Å². The fourth-order valence-electron chi connectivity index (χ4n) is 15.3. The van der Waals surface area contributed by atoms with Gasteiger partial charge in [-0.05, 0) is 159 Å². The Hall–Kier alpha value is -7.41. The SMILES string of the molecule is Cc1ncsc1-c1ccc([C@H](C)NC(=O)[C@@H]2C[C@@H](O)CN2C(=O)[C@@H](NC(=O)CCCCCCCC(=O)N2CCC3(CCC(c4ccc(Cl)cc4)=C(CN4CCN(c5ccc(C(=O)NS(=O)(=O)c6ccc(N[C@H](CCN7CCOCC7)CSc7ccccc7)c(S(=O)(=O)C(F)(F)F)c6)cc5)CC4)C3)C2)C(C)(C)C)cc1. The number of carbonyl (C=O) groups is 5. The van der Waals surface area contributed by atoms with Crippen LogP contribution in [0.3, 0.4) is 0 Å². The third-order valence-electron chi connectivity index (χ3n) is 21.6. The highest BCUT2D eigenvalue weighted by Gasteiger charge is 2.50. The van der Waals surface area contributed by atoms with Crippen molar-refractivity contribution in [3.63, 3.8) is 0 Å². The first-order chi connectivity index (χ1) is 51.9. The smallest absolute Gasteiger partial charge is 0.391 e. The molecule has 1 spiro atoms. The predicted octanol–water partition coefficient (Wildman–Crippen LogP) is 12.6. The van der Waals surface area contributed by atoms with Crippen molar-refractivity contribution in [2.45, 2.75) is 169 Å². The van der Waals surface area contributed by atoms with Gasteiger partial charge >= 0.3 is 5.51 Å². The molecule has 0 bridgehead atoms. The number of aryl methyl sites for hydroxylation is 1. The molecule has 5 heterocycles. The predicted molar refractivity (Wildman–Crippen MR) is 420 cm³/mol. The number of nitrogens with one attached hydrogen (secondary N) is 4. The highest BCUT2D eigenvalue weighted by molar-refractivity contribution is 7.99. The number of hydrogen-bond donors (Lipinski definition) is 5. The minimum absolute atomic E-state index is 0.0208. The summed E-state index contributed by atoms with van der Waals surface area (Å²) in [6.45, 7) is 17.2. The number of aromatic nitrogens is 1. The molecule has 5 N–H and O–H groups in total. The number of aliphatic hydroxyl groups excluding tert-OH is 1. The zero-order chi connectivity index (χ0) is 77.8. The third-order valence-corrected chi connectivity index (χ3v) is 26.8. The number of halogens is 4. The maximum Gasteiger partial charge on any atom is 0.501 e. The van der Waals surface area contributed by atoms with Crippen molar-refractivity contribution in [1.82, 2.24) is 39.9 Å². The van der Waals surface area contributed by atoms with E-state index in [1.807, 2.05) is 116 Å². The summed E-state index contributed by atoms with van der Waals surface area (Å²) in [6, 6.07) is 31.2. The first-order valence-electron chi connectivity index (χ1n) is 37.6. The van der Waals surface area contributed by atoms with E-state index in [9.17, 15) is 59.1 Å². The molecule has 4 fully saturated rings. The number of thiazole rings is 1. The molecule has 1 unspecified atom stereocenters. The average Bonchev–Trinajstić information content (AvgIpc) is 1.75.